The predicted molar refractivity (Wildman–Crippen MR) is 129 cm³/mol. The number of carbonyl (C=O) groups excluding carboxylic acids is 1. The molecule has 0 unspecified atom stereocenters. The standard InChI is InChI=1S/C27H29N4O4/c1-3-27(33)12-10-18(11-13-27)16-30-17-20-14-22(25(35-4-2)15-21(20)29-30)28-26(32)24-7-5-6-23(31(24)34)19-8-9-19/h1,5-7,14-19,33H,4,8-13H2,2H3,(H-,28,32,34)/q+1/p+1/b30-16+. The molecule has 2 fully saturated rings. The number of fused-ring (bicyclic) bond motifs is 1. The number of rotatable bonds is 6. The lowest BCUT2D eigenvalue weighted by Gasteiger charge is -2.29. The van der Waals surface area contributed by atoms with Crippen LogP contribution in [-0.4, -0.2) is 39.3 Å². The first kappa shape index (κ1) is 23.1. The number of anilines is 1. The van der Waals surface area contributed by atoms with Crippen LogP contribution in [0.3, 0.4) is 0 Å². The molecule has 1 aliphatic heterocycles. The van der Waals surface area contributed by atoms with E-state index in [0.29, 0.717) is 36.8 Å². The highest BCUT2D eigenvalue weighted by molar-refractivity contribution is 6.02. The molecule has 1 aromatic heterocycles. The summed E-state index contributed by atoms with van der Waals surface area (Å²) >= 11 is 0. The largest absolute Gasteiger partial charge is 0.492 e. The fraction of sp³-hybridized carbons (Fsp3) is 0.407. The van der Waals surface area contributed by atoms with Crippen molar-refractivity contribution >= 4 is 24.0 Å². The Kier molecular flexibility index (Phi) is 6.03. The van der Waals surface area contributed by atoms with Gasteiger partial charge in [0.2, 0.25) is 11.9 Å². The summed E-state index contributed by atoms with van der Waals surface area (Å²) in [4.78, 5) is 13.1. The van der Waals surface area contributed by atoms with Gasteiger partial charge >= 0.3 is 11.6 Å². The van der Waals surface area contributed by atoms with Crippen LogP contribution in [-0.2, 0) is 0 Å². The lowest BCUT2D eigenvalue weighted by molar-refractivity contribution is -0.910. The molecule has 8 nitrogen and oxygen atoms in total. The van der Waals surface area contributed by atoms with Crippen molar-refractivity contribution in [2.75, 3.05) is 11.9 Å². The molecule has 8 heteroatoms. The van der Waals surface area contributed by atoms with Gasteiger partial charge in [0.1, 0.15) is 16.7 Å². The molecule has 0 bridgehead atoms. The molecule has 1 aromatic carbocycles. The van der Waals surface area contributed by atoms with E-state index in [4.69, 9.17) is 11.2 Å². The second-order valence-corrected chi connectivity index (χ2v) is 9.49. The summed E-state index contributed by atoms with van der Waals surface area (Å²) in [5.41, 5.74) is 0.435. The fourth-order valence-electron chi connectivity index (χ4n) is 4.71. The predicted octanol–water partition coefficient (Wildman–Crippen LogP) is 1.66. The lowest BCUT2D eigenvalue weighted by Crippen LogP contribution is -2.43. The van der Waals surface area contributed by atoms with E-state index in [1.807, 2.05) is 37.5 Å². The highest BCUT2D eigenvalue weighted by Gasteiger charge is 2.36. The number of terminal acetylenes is 1. The second kappa shape index (κ2) is 9.16. The number of nitrogens with one attached hydrogen (secondary N) is 1. The Labute approximate surface area is 203 Å². The van der Waals surface area contributed by atoms with Gasteiger partial charge in [-0.1, -0.05) is 10.6 Å². The van der Waals surface area contributed by atoms with Gasteiger partial charge in [-0.2, -0.15) is 0 Å². The molecule has 0 radical (unpaired) electrons. The number of amides is 1. The van der Waals surface area contributed by atoms with Crippen molar-refractivity contribution in [2.45, 2.75) is 57.0 Å². The van der Waals surface area contributed by atoms with Crippen LogP contribution in [0.2, 0.25) is 0 Å². The smallest absolute Gasteiger partial charge is 0.325 e. The number of carbonyl (C=O) groups is 1. The number of aliphatic hydroxyl groups is 1. The van der Waals surface area contributed by atoms with Crippen molar-refractivity contribution in [3.05, 3.63) is 52.3 Å². The molecule has 2 heterocycles. The van der Waals surface area contributed by atoms with Crippen molar-refractivity contribution in [3.8, 4) is 18.1 Å². The molecule has 3 N–H and O–H groups in total. The molecule has 0 saturated heterocycles. The average Bonchev–Trinajstić information content (AvgIpc) is 3.62. The van der Waals surface area contributed by atoms with Crippen LogP contribution < -0.4 is 25.4 Å². The third kappa shape index (κ3) is 4.77. The summed E-state index contributed by atoms with van der Waals surface area (Å²) in [6, 6.07) is 8.87. The van der Waals surface area contributed by atoms with Crippen molar-refractivity contribution in [1.82, 2.24) is 0 Å². The van der Waals surface area contributed by atoms with Crippen molar-refractivity contribution in [1.29, 1.82) is 0 Å². The Morgan fingerprint density at radius 3 is 2.77 bits per heavy atom. The molecular formula is C27H30N4O4+2. The summed E-state index contributed by atoms with van der Waals surface area (Å²) < 4.78 is 8.57. The molecule has 35 heavy (non-hydrogen) atoms. The Morgan fingerprint density at radius 2 is 2.09 bits per heavy atom. The Balaban J connectivity index is 1.40. The molecule has 0 spiro atoms. The van der Waals surface area contributed by atoms with E-state index >= 15 is 0 Å². The van der Waals surface area contributed by atoms with Gasteiger partial charge in [0.15, 0.2) is 6.21 Å². The highest BCUT2D eigenvalue weighted by Crippen LogP contribution is 2.38. The lowest BCUT2D eigenvalue weighted by atomic mass is 9.80. The van der Waals surface area contributed by atoms with E-state index < -0.39 is 11.5 Å². The first-order valence-corrected chi connectivity index (χ1v) is 12.2. The van der Waals surface area contributed by atoms with E-state index in [0.717, 1.165) is 46.7 Å². The van der Waals surface area contributed by atoms with Crippen LogP contribution >= 0.6 is 0 Å². The summed E-state index contributed by atoms with van der Waals surface area (Å²) in [6.07, 6.45) is 14.2. The minimum Gasteiger partial charge on any atom is -0.492 e. The van der Waals surface area contributed by atoms with Gasteiger partial charge in [-0.3, -0.25) is 10.0 Å². The Morgan fingerprint density at radius 1 is 1.31 bits per heavy atom. The third-order valence-electron chi connectivity index (χ3n) is 6.88. The second-order valence-electron chi connectivity index (χ2n) is 9.49. The SMILES string of the molecule is C#CC1(O)CCC(/C=[N+]2\C=c3cc(NC(=O)c4cccc(C5CC5)[n+]4O)c(OCC)cc3=N2)CC1. The molecule has 5 rings (SSSR count). The zero-order valence-electron chi connectivity index (χ0n) is 19.8. The molecule has 2 saturated carbocycles. The maximum atomic E-state index is 13.1. The van der Waals surface area contributed by atoms with Crippen LogP contribution in [0.1, 0.15) is 67.5 Å². The monoisotopic (exact) mass is 474 g/mol. The summed E-state index contributed by atoms with van der Waals surface area (Å²) in [5, 5.41) is 30.0. The number of hydrogen-bond donors (Lipinski definition) is 3. The molecule has 2 aromatic rings. The van der Waals surface area contributed by atoms with Crippen LogP contribution in [0.4, 0.5) is 5.69 Å². The van der Waals surface area contributed by atoms with Crippen LogP contribution in [0.25, 0.3) is 6.20 Å². The zero-order valence-corrected chi connectivity index (χ0v) is 19.8. The van der Waals surface area contributed by atoms with Gasteiger partial charge < -0.3 is 15.2 Å². The number of ether oxygens (including phenoxy) is 1. The number of hydrogen-bond acceptors (Lipinski definition) is 5. The average molecular weight is 475 g/mol. The van der Waals surface area contributed by atoms with Crippen molar-refractivity contribution in [2.24, 2.45) is 11.0 Å². The Bertz CT molecular complexity index is 1360. The minimum absolute atomic E-state index is 0.171. The molecule has 1 amide bonds. The summed E-state index contributed by atoms with van der Waals surface area (Å²) in [5.74, 6) is 3.17. The normalized spacial score (nSPS) is 24.1. The number of pyridine rings is 1. The van der Waals surface area contributed by atoms with Crippen LogP contribution in [0, 0.1) is 18.3 Å². The zero-order chi connectivity index (χ0) is 24.6. The maximum Gasteiger partial charge on any atom is 0.325 e. The van der Waals surface area contributed by atoms with Crippen LogP contribution in [0.15, 0.2) is 35.4 Å². The van der Waals surface area contributed by atoms with Gasteiger partial charge in [0.25, 0.3) is 0 Å². The van der Waals surface area contributed by atoms with Crippen LogP contribution in [0.5, 0.6) is 5.75 Å². The molecular weight excluding hydrogens is 444 g/mol. The topological polar surface area (TPSA) is 98.0 Å². The first-order chi connectivity index (χ1) is 16.9. The molecule has 2 aliphatic carbocycles. The third-order valence-corrected chi connectivity index (χ3v) is 6.88. The van der Waals surface area contributed by atoms with E-state index in [2.05, 4.69) is 16.3 Å². The van der Waals surface area contributed by atoms with Crippen molar-refractivity contribution in [3.63, 3.8) is 0 Å². The maximum absolute atomic E-state index is 13.1. The number of aromatic nitrogens is 1. The number of nitrogens with zero attached hydrogens (tertiary/aromatic N) is 3. The molecule has 3 aliphatic rings. The Hall–Kier alpha value is -3.70. The van der Waals surface area contributed by atoms with E-state index in [9.17, 15) is 15.1 Å². The van der Waals surface area contributed by atoms with E-state index in [1.54, 1.807) is 16.8 Å². The molecule has 0 atom stereocenters. The summed E-state index contributed by atoms with van der Waals surface area (Å²) in [7, 11) is 0. The van der Waals surface area contributed by atoms with Gasteiger partial charge in [-0.05, 0) is 57.6 Å². The quantitative estimate of drug-likeness (QED) is 0.337. The molecule has 180 valence electrons. The van der Waals surface area contributed by atoms with E-state index in [1.165, 1.54) is 0 Å². The van der Waals surface area contributed by atoms with Gasteiger partial charge in [0.05, 0.1) is 17.5 Å². The minimum atomic E-state index is -0.996. The van der Waals surface area contributed by atoms with E-state index in [-0.39, 0.29) is 11.6 Å². The summed E-state index contributed by atoms with van der Waals surface area (Å²) in [6.45, 7) is 2.31. The number of benzene rings is 1. The van der Waals surface area contributed by atoms with Gasteiger partial charge in [0, 0.05) is 39.9 Å². The van der Waals surface area contributed by atoms with Gasteiger partial charge in [-0.25, -0.2) is 0 Å². The highest BCUT2D eigenvalue weighted by atomic mass is 16.5. The first-order valence-electron chi connectivity index (χ1n) is 12.2. The van der Waals surface area contributed by atoms with Gasteiger partial charge in [-0.15, -0.1) is 6.42 Å². The fourth-order valence-corrected chi connectivity index (χ4v) is 4.71. The van der Waals surface area contributed by atoms with Crippen molar-refractivity contribution < 1.29 is 29.3 Å².